The molecule has 4 nitrogen and oxygen atoms in total. The molecule has 0 aromatic heterocycles. The number of piperidine rings is 1. The molecular weight excluding hydrogens is 262 g/mol. The van der Waals surface area contributed by atoms with Crippen LogP contribution in [0.25, 0.3) is 0 Å². The molecule has 1 amide bonds. The first kappa shape index (κ1) is 16.0. The van der Waals surface area contributed by atoms with Crippen molar-refractivity contribution >= 4 is 11.6 Å². The third-order valence-electron chi connectivity index (χ3n) is 4.26. The second-order valence-electron chi connectivity index (χ2n) is 6.25. The quantitative estimate of drug-likeness (QED) is 0.875. The molecule has 0 saturated carbocycles. The third kappa shape index (κ3) is 4.55. The minimum atomic E-state index is 0.0781. The number of hydrogen-bond donors (Lipinski definition) is 2. The van der Waals surface area contributed by atoms with Crippen molar-refractivity contribution in [3.8, 4) is 0 Å². The molecule has 2 rings (SSSR count). The Kier molecular flexibility index (Phi) is 5.76. The molecule has 0 radical (unpaired) electrons. The van der Waals surface area contributed by atoms with E-state index in [0.717, 1.165) is 38.2 Å². The minimum absolute atomic E-state index is 0.0781. The Hall–Kier alpha value is -1.39. The first-order chi connectivity index (χ1) is 10.1. The first-order valence-corrected chi connectivity index (χ1v) is 7.91. The largest absolute Gasteiger partial charge is 0.330 e. The second-order valence-corrected chi connectivity index (χ2v) is 6.25. The van der Waals surface area contributed by atoms with Gasteiger partial charge in [0.1, 0.15) is 0 Å². The van der Waals surface area contributed by atoms with Crippen LogP contribution in [-0.2, 0) is 4.79 Å². The van der Waals surface area contributed by atoms with E-state index < -0.39 is 0 Å². The predicted molar refractivity (Wildman–Crippen MR) is 87.4 cm³/mol. The van der Waals surface area contributed by atoms with E-state index in [0.29, 0.717) is 18.4 Å². The maximum Gasteiger partial charge on any atom is 0.238 e. The van der Waals surface area contributed by atoms with Gasteiger partial charge in [0.15, 0.2) is 0 Å². The number of nitrogens with zero attached hydrogens (tertiary/aromatic N) is 1. The summed E-state index contributed by atoms with van der Waals surface area (Å²) in [6, 6.07) is 8.04. The summed E-state index contributed by atoms with van der Waals surface area (Å²) in [5.74, 6) is 1.11. The lowest BCUT2D eigenvalue weighted by Gasteiger charge is -2.30. The molecular formula is C17H27N3O. The Labute approximate surface area is 127 Å². The summed E-state index contributed by atoms with van der Waals surface area (Å²) in [5.41, 5.74) is 7.83. The van der Waals surface area contributed by atoms with E-state index in [1.54, 1.807) is 0 Å². The highest BCUT2D eigenvalue weighted by Gasteiger charge is 2.20. The number of hydrogen-bond acceptors (Lipinski definition) is 3. The zero-order chi connectivity index (χ0) is 15.2. The summed E-state index contributed by atoms with van der Waals surface area (Å²) in [6.45, 7) is 7.47. The lowest BCUT2D eigenvalue weighted by molar-refractivity contribution is -0.117. The smallest absolute Gasteiger partial charge is 0.238 e. The standard InChI is InChI=1S/C17H27N3O/c1-13(2)15-5-3-4-6-16(15)19-17(21)12-20-9-7-14(11-18)8-10-20/h3-6,13-14H,7-12,18H2,1-2H3,(H,19,21). The summed E-state index contributed by atoms with van der Waals surface area (Å²) in [4.78, 5) is 14.5. The van der Waals surface area contributed by atoms with Crippen LogP contribution < -0.4 is 11.1 Å². The van der Waals surface area contributed by atoms with Gasteiger partial charge in [-0.2, -0.15) is 0 Å². The van der Waals surface area contributed by atoms with Gasteiger partial charge in [-0.3, -0.25) is 9.69 Å². The highest BCUT2D eigenvalue weighted by atomic mass is 16.2. The van der Waals surface area contributed by atoms with E-state index in [1.165, 1.54) is 5.56 Å². The summed E-state index contributed by atoms with van der Waals surface area (Å²) in [6.07, 6.45) is 2.21. The van der Waals surface area contributed by atoms with Crippen LogP contribution in [0.2, 0.25) is 0 Å². The van der Waals surface area contributed by atoms with Crippen LogP contribution in [0.5, 0.6) is 0 Å². The lowest BCUT2D eigenvalue weighted by Crippen LogP contribution is -2.40. The van der Waals surface area contributed by atoms with E-state index in [4.69, 9.17) is 5.73 Å². The number of para-hydroxylation sites is 1. The molecule has 21 heavy (non-hydrogen) atoms. The topological polar surface area (TPSA) is 58.4 Å². The Balaban J connectivity index is 1.88. The maximum absolute atomic E-state index is 12.2. The van der Waals surface area contributed by atoms with Crippen molar-refractivity contribution in [1.29, 1.82) is 0 Å². The van der Waals surface area contributed by atoms with Gasteiger partial charge in [0.2, 0.25) is 5.91 Å². The molecule has 1 aliphatic heterocycles. The highest BCUT2D eigenvalue weighted by molar-refractivity contribution is 5.93. The van der Waals surface area contributed by atoms with Crippen LogP contribution in [0, 0.1) is 5.92 Å². The number of nitrogens with two attached hydrogens (primary N) is 1. The zero-order valence-corrected chi connectivity index (χ0v) is 13.1. The molecule has 1 aliphatic rings. The van der Waals surface area contributed by atoms with Gasteiger partial charge >= 0.3 is 0 Å². The van der Waals surface area contributed by atoms with Crippen LogP contribution in [0.1, 0.15) is 38.2 Å². The molecule has 1 aromatic carbocycles. The van der Waals surface area contributed by atoms with E-state index in [-0.39, 0.29) is 5.91 Å². The number of amides is 1. The number of rotatable bonds is 5. The molecule has 0 aliphatic carbocycles. The van der Waals surface area contributed by atoms with Crippen molar-refractivity contribution in [3.05, 3.63) is 29.8 Å². The van der Waals surface area contributed by atoms with E-state index in [9.17, 15) is 4.79 Å². The summed E-state index contributed by atoms with van der Waals surface area (Å²) in [7, 11) is 0. The number of benzene rings is 1. The Morgan fingerprint density at radius 2 is 2.00 bits per heavy atom. The number of nitrogens with one attached hydrogen (secondary N) is 1. The van der Waals surface area contributed by atoms with Crippen LogP contribution in [0.4, 0.5) is 5.69 Å². The van der Waals surface area contributed by atoms with Gasteiger partial charge in [-0.15, -0.1) is 0 Å². The maximum atomic E-state index is 12.2. The zero-order valence-electron chi connectivity index (χ0n) is 13.1. The minimum Gasteiger partial charge on any atom is -0.330 e. The Morgan fingerprint density at radius 3 is 2.62 bits per heavy atom. The van der Waals surface area contributed by atoms with Crippen molar-refractivity contribution in [1.82, 2.24) is 4.90 Å². The van der Waals surface area contributed by atoms with Crippen molar-refractivity contribution in [2.45, 2.75) is 32.6 Å². The average molecular weight is 289 g/mol. The molecule has 4 heteroatoms. The SMILES string of the molecule is CC(C)c1ccccc1NC(=O)CN1CCC(CN)CC1. The Bertz CT molecular complexity index is 465. The average Bonchev–Trinajstić information content (AvgIpc) is 2.48. The number of carbonyl (C=O) groups is 1. The second kappa shape index (κ2) is 7.57. The van der Waals surface area contributed by atoms with Crippen LogP contribution in [0.15, 0.2) is 24.3 Å². The van der Waals surface area contributed by atoms with Crippen molar-refractivity contribution in [2.75, 3.05) is 31.5 Å². The first-order valence-electron chi connectivity index (χ1n) is 7.91. The molecule has 0 bridgehead atoms. The molecule has 1 aromatic rings. The summed E-state index contributed by atoms with van der Waals surface area (Å²) >= 11 is 0. The van der Waals surface area contributed by atoms with Crippen molar-refractivity contribution in [3.63, 3.8) is 0 Å². The van der Waals surface area contributed by atoms with Gasteiger partial charge in [-0.05, 0) is 55.9 Å². The van der Waals surface area contributed by atoms with E-state index in [2.05, 4.69) is 30.1 Å². The lowest BCUT2D eigenvalue weighted by atomic mass is 9.97. The number of likely N-dealkylation sites (tertiary alicyclic amines) is 1. The molecule has 0 spiro atoms. The fraction of sp³-hybridized carbons (Fsp3) is 0.588. The van der Waals surface area contributed by atoms with Crippen LogP contribution >= 0.6 is 0 Å². The molecule has 116 valence electrons. The fourth-order valence-corrected chi connectivity index (χ4v) is 2.89. The third-order valence-corrected chi connectivity index (χ3v) is 4.26. The van der Waals surface area contributed by atoms with Gasteiger partial charge in [0.05, 0.1) is 6.54 Å². The van der Waals surface area contributed by atoms with Gasteiger partial charge in [-0.25, -0.2) is 0 Å². The molecule has 3 N–H and O–H groups in total. The van der Waals surface area contributed by atoms with Gasteiger partial charge in [0, 0.05) is 5.69 Å². The van der Waals surface area contributed by atoms with Gasteiger partial charge in [-0.1, -0.05) is 32.0 Å². The summed E-state index contributed by atoms with van der Waals surface area (Å²) < 4.78 is 0. The number of anilines is 1. The van der Waals surface area contributed by atoms with Gasteiger partial charge in [0.25, 0.3) is 0 Å². The number of carbonyl (C=O) groups excluding carboxylic acids is 1. The predicted octanol–water partition coefficient (Wildman–Crippen LogP) is 2.42. The molecule has 1 saturated heterocycles. The van der Waals surface area contributed by atoms with E-state index >= 15 is 0 Å². The fourth-order valence-electron chi connectivity index (χ4n) is 2.89. The van der Waals surface area contributed by atoms with Crippen molar-refractivity contribution in [2.24, 2.45) is 11.7 Å². The summed E-state index contributed by atoms with van der Waals surface area (Å²) in [5, 5.41) is 3.06. The monoisotopic (exact) mass is 289 g/mol. The normalized spacial score (nSPS) is 17.1. The molecule has 1 heterocycles. The highest BCUT2D eigenvalue weighted by Crippen LogP contribution is 2.23. The van der Waals surface area contributed by atoms with Crippen LogP contribution in [0.3, 0.4) is 0 Å². The van der Waals surface area contributed by atoms with Gasteiger partial charge < -0.3 is 11.1 Å². The van der Waals surface area contributed by atoms with Crippen molar-refractivity contribution < 1.29 is 4.79 Å². The molecule has 1 fully saturated rings. The Morgan fingerprint density at radius 1 is 1.33 bits per heavy atom. The van der Waals surface area contributed by atoms with Crippen LogP contribution in [-0.4, -0.2) is 37.0 Å². The molecule has 0 unspecified atom stereocenters. The molecule has 0 atom stereocenters. The van der Waals surface area contributed by atoms with E-state index in [1.807, 2.05) is 18.2 Å².